The molecule has 1 aliphatic carbocycles. The smallest absolute Gasteiger partial charge is 0.314 e. The van der Waals surface area contributed by atoms with Gasteiger partial charge in [0.15, 0.2) is 0 Å². The lowest BCUT2D eigenvalue weighted by Gasteiger charge is -2.34. The van der Waals surface area contributed by atoms with Crippen LogP contribution in [0.1, 0.15) is 50.2 Å². The van der Waals surface area contributed by atoms with Gasteiger partial charge in [-0.05, 0) is 42.5 Å². The summed E-state index contributed by atoms with van der Waals surface area (Å²) in [6.45, 7) is 2.10. The first-order chi connectivity index (χ1) is 8.58. The normalized spacial score (nSPS) is 18.6. The Labute approximate surface area is 117 Å². The molecule has 0 atom stereocenters. The highest BCUT2D eigenvalue weighted by molar-refractivity contribution is 9.10. The van der Waals surface area contributed by atoms with Crippen LogP contribution in [0.4, 0.5) is 0 Å². The summed E-state index contributed by atoms with van der Waals surface area (Å²) in [4.78, 5) is 11.8. The molecule has 1 aromatic rings. The number of aliphatic carboxylic acids is 1. The quantitative estimate of drug-likeness (QED) is 0.904. The van der Waals surface area contributed by atoms with E-state index in [4.69, 9.17) is 0 Å². The Bertz CT molecular complexity index is 448. The average Bonchev–Trinajstić information content (AvgIpc) is 2.38. The van der Waals surface area contributed by atoms with Gasteiger partial charge in [-0.15, -0.1) is 0 Å². The SMILES string of the molecule is CCc1cc(Br)cc(C2(C(=O)O)CCCCC2)c1. The molecule has 0 aliphatic heterocycles. The number of hydrogen-bond acceptors (Lipinski definition) is 1. The van der Waals surface area contributed by atoms with E-state index in [-0.39, 0.29) is 0 Å². The number of aryl methyl sites for hydroxylation is 1. The minimum absolute atomic E-state index is 0.661. The molecule has 1 aliphatic rings. The van der Waals surface area contributed by atoms with Gasteiger partial charge in [0, 0.05) is 4.47 Å². The summed E-state index contributed by atoms with van der Waals surface area (Å²) >= 11 is 3.50. The fourth-order valence-electron chi connectivity index (χ4n) is 2.91. The van der Waals surface area contributed by atoms with E-state index >= 15 is 0 Å². The van der Waals surface area contributed by atoms with Crippen molar-refractivity contribution >= 4 is 21.9 Å². The number of benzene rings is 1. The van der Waals surface area contributed by atoms with Crippen molar-refractivity contribution in [2.45, 2.75) is 50.9 Å². The number of hydrogen-bond donors (Lipinski definition) is 1. The molecule has 0 aromatic heterocycles. The summed E-state index contributed by atoms with van der Waals surface area (Å²) in [5, 5.41) is 9.68. The number of carboxylic acid groups (broad SMARTS) is 1. The average molecular weight is 311 g/mol. The molecule has 0 saturated heterocycles. The highest BCUT2D eigenvalue weighted by Crippen LogP contribution is 2.41. The number of carbonyl (C=O) groups is 1. The number of carboxylic acids is 1. The van der Waals surface area contributed by atoms with E-state index in [1.165, 1.54) is 5.56 Å². The maximum Gasteiger partial charge on any atom is 0.314 e. The first-order valence-corrected chi connectivity index (χ1v) is 7.41. The van der Waals surface area contributed by atoms with Crippen LogP contribution in [-0.2, 0) is 16.6 Å². The topological polar surface area (TPSA) is 37.3 Å². The van der Waals surface area contributed by atoms with E-state index < -0.39 is 11.4 Å². The fraction of sp³-hybridized carbons (Fsp3) is 0.533. The summed E-state index contributed by atoms with van der Waals surface area (Å²) in [6, 6.07) is 6.13. The van der Waals surface area contributed by atoms with Crippen LogP contribution < -0.4 is 0 Å². The largest absolute Gasteiger partial charge is 0.481 e. The van der Waals surface area contributed by atoms with Crippen LogP contribution in [0.5, 0.6) is 0 Å². The Hall–Kier alpha value is -0.830. The molecule has 3 heteroatoms. The van der Waals surface area contributed by atoms with Gasteiger partial charge in [0.2, 0.25) is 0 Å². The van der Waals surface area contributed by atoms with Crippen LogP contribution in [0.15, 0.2) is 22.7 Å². The van der Waals surface area contributed by atoms with Crippen LogP contribution >= 0.6 is 15.9 Å². The first-order valence-electron chi connectivity index (χ1n) is 6.62. The van der Waals surface area contributed by atoms with Crippen molar-refractivity contribution in [2.24, 2.45) is 0 Å². The molecule has 2 rings (SSSR count). The lowest BCUT2D eigenvalue weighted by atomic mass is 9.69. The highest BCUT2D eigenvalue weighted by Gasteiger charge is 2.41. The van der Waals surface area contributed by atoms with E-state index in [0.29, 0.717) is 0 Å². The lowest BCUT2D eigenvalue weighted by molar-refractivity contribution is -0.145. The summed E-state index contributed by atoms with van der Waals surface area (Å²) in [5.41, 5.74) is 1.51. The molecule has 0 heterocycles. The molecule has 0 radical (unpaired) electrons. The van der Waals surface area contributed by atoms with Crippen molar-refractivity contribution in [2.75, 3.05) is 0 Å². The minimum Gasteiger partial charge on any atom is -0.481 e. The molecule has 18 heavy (non-hydrogen) atoms. The lowest BCUT2D eigenvalue weighted by Crippen LogP contribution is -2.37. The zero-order valence-electron chi connectivity index (χ0n) is 10.7. The predicted molar refractivity (Wildman–Crippen MR) is 75.9 cm³/mol. The van der Waals surface area contributed by atoms with Crippen LogP contribution in [0, 0.1) is 0 Å². The molecular formula is C15H19BrO2. The molecule has 0 unspecified atom stereocenters. The van der Waals surface area contributed by atoms with Gasteiger partial charge in [0.25, 0.3) is 0 Å². The standard InChI is InChI=1S/C15H19BrO2/c1-2-11-8-12(10-13(16)9-11)15(14(17)18)6-4-3-5-7-15/h8-10H,2-7H2,1H3,(H,17,18). The van der Waals surface area contributed by atoms with Gasteiger partial charge in [0.1, 0.15) is 0 Å². The Morgan fingerprint density at radius 1 is 1.28 bits per heavy atom. The Morgan fingerprint density at radius 3 is 2.50 bits per heavy atom. The molecule has 1 fully saturated rings. The Kier molecular flexibility index (Phi) is 4.10. The van der Waals surface area contributed by atoms with E-state index in [1.807, 2.05) is 6.07 Å². The maximum atomic E-state index is 11.8. The first kappa shape index (κ1) is 13.6. The number of halogens is 1. The highest BCUT2D eigenvalue weighted by atomic mass is 79.9. The molecule has 1 aromatic carbocycles. The van der Waals surface area contributed by atoms with E-state index in [2.05, 4.69) is 35.0 Å². The summed E-state index contributed by atoms with van der Waals surface area (Å²) in [6.07, 6.45) is 5.65. The second-order valence-corrected chi connectivity index (χ2v) is 6.07. The molecule has 98 valence electrons. The third kappa shape index (κ3) is 2.46. The van der Waals surface area contributed by atoms with Crippen LogP contribution in [0.2, 0.25) is 0 Å². The Morgan fingerprint density at radius 2 is 1.94 bits per heavy atom. The zero-order valence-corrected chi connectivity index (χ0v) is 12.3. The Balaban J connectivity index is 2.48. The summed E-state index contributed by atoms with van der Waals surface area (Å²) < 4.78 is 0.989. The van der Waals surface area contributed by atoms with E-state index in [9.17, 15) is 9.90 Å². The van der Waals surface area contributed by atoms with E-state index in [0.717, 1.165) is 48.6 Å². The zero-order chi connectivity index (χ0) is 13.2. The van der Waals surface area contributed by atoms with Crippen LogP contribution in [-0.4, -0.2) is 11.1 Å². The number of rotatable bonds is 3. The third-order valence-electron chi connectivity index (χ3n) is 4.03. The molecule has 1 saturated carbocycles. The van der Waals surface area contributed by atoms with Gasteiger partial charge in [0.05, 0.1) is 5.41 Å². The van der Waals surface area contributed by atoms with Crippen molar-refractivity contribution in [3.63, 3.8) is 0 Å². The van der Waals surface area contributed by atoms with Crippen LogP contribution in [0.25, 0.3) is 0 Å². The van der Waals surface area contributed by atoms with Gasteiger partial charge >= 0.3 is 5.97 Å². The molecule has 1 N–H and O–H groups in total. The minimum atomic E-state index is -0.664. The summed E-state index contributed by atoms with van der Waals surface area (Å²) in [5.74, 6) is -0.664. The fourth-order valence-corrected chi connectivity index (χ4v) is 3.45. The predicted octanol–water partition coefficient (Wildman–Crippen LogP) is 4.30. The third-order valence-corrected chi connectivity index (χ3v) is 4.49. The molecule has 0 spiro atoms. The van der Waals surface area contributed by atoms with Crippen molar-refractivity contribution in [1.82, 2.24) is 0 Å². The monoisotopic (exact) mass is 310 g/mol. The van der Waals surface area contributed by atoms with Crippen molar-refractivity contribution in [3.05, 3.63) is 33.8 Å². The van der Waals surface area contributed by atoms with Gasteiger partial charge in [-0.1, -0.05) is 48.2 Å². The van der Waals surface area contributed by atoms with Gasteiger partial charge in [-0.25, -0.2) is 0 Å². The molecule has 0 amide bonds. The van der Waals surface area contributed by atoms with Crippen molar-refractivity contribution in [1.29, 1.82) is 0 Å². The van der Waals surface area contributed by atoms with Gasteiger partial charge < -0.3 is 5.11 Å². The summed E-state index contributed by atoms with van der Waals surface area (Å²) in [7, 11) is 0. The van der Waals surface area contributed by atoms with Crippen LogP contribution in [0.3, 0.4) is 0 Å². The second-order valence-electron chi connectivity index (χ2n) is 5.15. The van der Waals surface area contributed by atoms with Crippen molar-refractivity contribution in [3.8, 4) is 0 Å². The maximum absolute atomic E-state index is 11.8. The van der Waals surface area contributed by atoms with E-state index in [1.54, 1.807) is 0 Å². The van der Waals surface area contributed by atoms with Gasteiger partial charge in [-0.3, -0.25) is 4.79 Å². The van der Waals surface area contributed by atoms with Gasteiger partial charge in [-0.2, -0.15) is 0 Å². The molecule has 2 nitrogen and oxygen atoms in total. The van der Waals surface area contributed by atoms with Crippen molar-refractivity contribution < 1.29 is 9.90 Å². The molecule has 0 bridgehead atoms. The second kappa shape index (κ2) is 5.43. The molecular weight excluding hydrogens is 292 g/mol.